The summed E-state index contributed by atoms with van der Waals surface area (Å²) in [6.45, 7) is 6.13. The molecule has 1 saturated heterocycles. The van der Waals surface area contributed by atoms with E-state index in [0.717, 1.165) is 24.3 Å². The number of aromatic nitrogens is 1. The Labute approximate surface area is 131 Å². The van der Waals surface area contributed by atoms with Crippen molar-refractivity contribution < 1.29 is 4.79 Å². The van der Waals surface area contributed by atoms with Gasteiger partial charge in [0.15, 0.2) is 0 Å². The van der Waals surface area contributed by atoms with Crippen molar-refractivity contribution in [3.05, 3.63) is 30.0 Å². The number of hydrogen-bond donors (Lipinski definition) is 2. The number of nitrogens with zero attached hydrogens (tertiary/aromatic N) is 1. The van der Waals surface area contributed by atoms with Gasteiger partial charge in [0.1, 0.15) is 0 Å². The SMILES string of the molecule is CC(C)C(=O)Nc1ccc2[nH]cc(C3CCN(C)CC3)c2c1. The number of carbonyl (C=O) groups is 1. The lowest BCUT2D eigenvalue weighted by Gasteiger charge is -2.28. The second-order valence-corrected chi connectivity index (χ2v) is 6.73. The van der Waals surface area contributed by atoms with Crippen molar-refractivity contribution in [3.63, 3.8) is 0 Å². The van der Waals surface area contributed by atoms with E-state index in [1.807, 2.05) is 19.9 Å². The lowest BCUT2D eigenvalue weighted by Crippen LogP contribution is -2.29. The third-order valence-corrected chi connectivity index (χ3v) is 4.66. The van der Waals surface area contributed by atoms with E-state index < -0.39 is 0 Å². The number of likely N-dealkylation sites (tertiary alicyclic amines) is 1. The van der Waals surface area contributed by atoms with Crippen LogP contribution in [-0.2, 0) is 4.79 Å². The Hall–Kier alpha value is -1.81. The molecule has 4 heteroatoms. The number of H-pyrrole nitrogens is 1. The standard InChI is InChI=1S/C18H25N3O/c1-12(2)18(22)20-14-4-5-17-15(10-14)16(11-19-17)13-6-8-21(3)9-7-13/h4-5,10-13,19H,6-9H2,1-3H3,(H,20,22). The number of fused-ring (bicyclic) bond motifs is 1. The molecule has 0 saturated carbocycles. The number of rotatable bonds is 3. The van der Waals surface area contributed by atoms with Gasteiger partial charge in [-0.05, 0) is 62.7 Å². The predicted octanol–water partition coefficient (Wildman–Crippen LogP) is 3.57. The number of aromatic amines is 1. The first kappa shape index (κ1) is 15.1. The molecule has 1 aliphatic heterocycles. The average Bonchev–Trinajstić information content (AvgIpc) is 2.91. The lowest BCUT2D eigenvalue weighted by atomic mass is 9.89. The van der Waals surface area contributed by atoms with Gasteiger partial charge in [0.25, 0.3) is 0 Å². The third kappa shape index (κ3) is 3.02. The summed E-state index contributed by atoms with van der Waals surface area (Å²) in [5.74, 6) is 0.673. The van der Waals surface area contributed by atoms with Gasteiger partial charge in [0.05, 0.1) is 0 Å². The van der Waals surface area contributed by atoms with E-state index in [9.17, 15) is 4.79 Å². The molecule has 118 valence electrons. The minimum absolute atomic E-state index is 0.00438. The Bertz CT molecular complexity index is 666. The molecule has 2 heterocycles. The highest BCUT2D eigenvalue weighted by atomic mass is 16.1. The van der Waals surface area contributed by atoms with Crippen LogP contribution >= 0.6 is 0 Å². The van der Waals surface area contributed by atoms with Gasteiger partial charge in [0.2, 0.25) is 5.91 Å². The maximum Gasteiger partial charge on any atom is 0.226 e. The molecular formula is C18H25N3O. The molecule has 2 aromatic rings. The van der Waals surface area contributed by atoms with Crippen molar-refractivity contribution >= 4 is 22.5 Å². The fourth-order valence-corrected chi connectivity index (χ4v) is 3.16. The fraction of sp³-hybridized carbons (Fsp3) is 0.500. The normalized spacial score (nSPS) is 17.3. The molecule has 1 aromatic heterocycles. The maximum absolute atomic E-state index is 11.9. The largest absolute Gasteiger partial charge is 0.361 e. The van der Waals surface area contributed by atoms with Gasteiger partial charge in [-0.3, -0.25) is 4.79 Å². The summed E-state index contributed by atoms with van der Waals surface area (Å²) < 4.78 is 0. The molecule has 1 aliphatic rings. The van der Waals surface area contributed by atoms with Gasteiger partial charge in [-0.15, -0.1) is 0 Å². The van der Waals surface area contributed by atoms with E-state index in [0.29, 0.717) is 5.92 Å². The molecule has 1 fully saturated rings. The third-order valence-electron chi connectivity index (χ3n) is 4.66. The summed E-state index contributed by atoms with van der Waals surface area (Å²) in [5.41, 5.74) is 3.43. The summed E-state index contributed by atoms with van der Waals surface area (Å²) in [6, 6.07) is 6.14. The zero-order chi connectivity index (χ0) is 15.7. The Morgan fingerprint density at radius 3 is 2.73 bits per heavy atom. The summed E-state index contributed by atoms with van der Waals surface area (Å²) in [5, 5.41) is 4.25. The molecule has 22 heavy (non-hydrogen) atoms. The predicted molar refractivity (Wildman–Crippen MR) is 91.2 cm³/mol. The quantitative estimate of drug-likeness (QED) is 0.910. The summed E-state index contributed by atoms with van der Waals surface area (Å²) in [7, 11) is 2.19. The Kier molecular flexibility index (Phi) is 4.21. The van der Waals surface area contributed by atoms with Crippen molar-refractivity contribution in [2.45, 2.75) is 32.6 Å². The molecular weight excluding hydrogens is 274 g/mol. The monoisotopic (exact) mass is 299 g/mol. The molecule has 0 aliphatic carbocycles. The zero-order valence-corrected chi connectivity index (χ0v) is 13.6. The van der Waals surface area contributed by atoms with Crippen molar-refractivity contribution in [1.82, 2.24) is 9.88 Å². The van der Waals surface area contributed by atoms with Crippen LogP contribution in [0.2, 0.25) is 0 Å². The van der Waals surface area contributed by atoms with Crippen molar-refractivity contribution in [3.8, 4) is 0 Å². The molecule has 4 nitrogen and oxygen atoms in total. The van der Waals surface area contributed by atoms with Gasteiger partial charge >= 0.3 is 0 Å². The Balaban J connectivity index is 1.87. The van der Waals surface area contributed by atoms with Gasteiger partial charge < -0.3 is 15.2 Å². The highest BCUT2D eigenvalue weighted by Gasteiger charge is 2.21. The Morgan fingerprint density at radius 1 is 1.32 bits per heavy atom. The fourth-order valence-electron chi connectivity index (χ4n) is 3.16. The van der Waals surface area contributed by atoms with E-state index in [1.54, 1.807) is 0 Å². The van der Waals surface area contributed by atoms with Crippen LogP contribution in [0.4, 0.5) is 5.69 Å². The molecule has 0 bridgehead atoms. The molecule has 0 atom stereocenters. The lowest BCUT2D eigenvalue weighted by molar-refractivity contribution is -0.118. The number of amides is 1. The second-order valence-electron chi connectivity index (χ2n) is 6.73. The highest BCUT2D eigenvalue weighted by Crippen LogP contribution is 2.34. The van der Waals surface area contributed by atoms with Gasteiger partial charge in [0, 0.05) is 28.7 Å². The molecule has 0 radical (unpaired) electrons. The first-order chi connectivity index (χ1) is 10.5. The van der Waals surface area contributed by atoms with Crippen LogP contribution in [-0.4, -0.2) is 35.9 Å². The molecule has 2 N–H and O–H groups in total. The highest BCUT2D eigenvalue weighted by molar-refractivity contribution is 5.95. The average molecular weight is 299 g/mol. The van der Waals surface area contributed by atoms with Crippen LogP contribution in [0.1, 0.15) is 38.2 Å². The maximum atomic E-state index is 11.9. The van der Waals surface area contributed by atoms with Crippen LogP contribution in [0.25, 0.3) is 10.9 Å². The molecule has 1 aromatic carbocycles. The van der Waals surface area contributed by atoms with E-state index in [-0.39, 0.29) is 11.8 Å². The number of hydrogen-bond acceptors (Lipinski definition) is 2. The zero-order valence-electron chi connectivity index (χ0n) is 13.6. The van der Waals surface area contributed by atoms with Crippen LogP contribution in [0.5, 0.6) is 0 Å². The number of piperidine rings is 1. The van der Waals surface area contributed by atoms with E-state index >= 15 is 0 Å². The number of nitrogens with one attached hydrogen (secondary N) is 2. The number of carbonyl (C=O) groups excluding carboxylic acids is 1. The van der Waals surface area contributed by atoms with Crippen molar-refractivity contribution in [2.75, 3.05) is 25.5 Å². The van der Waals surface area contributed by atoms with E-state index in [1.165, 1.54) is 23.8 Å². The second kappa shape index (κ2) is 6.13. The Morgan fingerprint density at radius 2 is 2.05 bits per heavy atom. The smallest absolute Gasteiger partial charge is 0.226 e. The molecule has 0 spiro atoms. The van der Waals surface area contributed by atoms with E-state index in [2.05, 4.69) is 40.6 Å². The number of anilines is 1. The molecule has 0 unspecified atom stereocenters. The van der Waals surface area contributed by atoms with Crippen LogP contribution in [0.15, 0.2) is 24.4 Å². The minimum Gasteiger partial charge on any atom is -0.361 e. The first-order valence-electron chi connectivity index (χ1n) is 8.15. The van der Waals surface area contributed by atoms with Gasteiger partial charge in [-0.25, -0.2) is 0 Å². The van der Waals surface area contributed by atoms with Gasteiger partial charge in [-0.1, -0.05) is 13.8 Å². The van der Waals surface area contributed by atoms with E-state index in [4.69, 9.17) is 0 Å². The summed E-state index contributed by atoms with van der Waals surface area (Å²) >= 11 is 0. The molecule has 3 rings (SSSR count). The summed E-state index contributed by atoms with van der Waals surface area (Å²) in [4.78, 5) is 17.6. The van der Waals surface area contributed by atoms with Crippen molar-refractivity contribution in [2.24, 2.45) is 5.92 Å². The molecule has 1 amide bonds. The van der Waals surface area contributed by atoms with Crippen molar-refractivity contribution in [1.29, 1.82) is 0 Å². The van der Waals surface area contributed by atoms with Crippen LogP contribution < -0.4 is 5.32 Å². The number of benzene rings is 1. The van der Waals surface area contributed by atoms with Gasteiger partial charge in [-0.2, -0.15) is 0 Å². The van der Waals surface area contributed by atoms with Crippen LogP contribution in [0, 0.1) is 5.92 Å². The topological polar surface area (TPSA) is 48.1 Å². The minimum atomic E-state index is -0.00438. The summed E-state index contributed by atoms with van der Waals surface area (Å²) in [6.07, 6.45) is 4.55. The first-order valence-corrected chi connectivity index (χ1v) is 8.15. The van der Waals surface area contributed by atoms with Crippen LogP contribution in [0.3, 0.4) is 0 Å².